The summed E-state index contributed by atoms with van der Waals surface area (Å²) in [6, 6.07) is 2.64. The Hall–Kier alpha value is -2.38. The molecule has 0 radical (unpaired) electrons. The van der Waals surface area contributed by atoms with Crippen LogP contribution in [-0.4, -0.2) is 30.4 Å². The molecule has 1 aromatic carbocycles. The Morgan fingerprint density at radius 2 is 1.96 bits per heavy atom. The largest absolute Gasteiger partial charge is 0.465 e. The van der Waals surface area contributed by atoms with Gasteiger partial charge in [-0.3, -0.25) is 9.79 Å². The van der Waals surface area contributed by atoms with Crippen molar-refractivity contribution < 1.29 is 27.5 Å². The molecule has 1 aliphatic rings. The average molecular weight is 342 g/mol. The zero-order chi connectivity index (χ0) is 18.3. The van der Waals surface area contributed by atoms with Gasteiger partial charge in [0.1, 0.15) is 11.4 Å². The summed E-state index contributed by atoms with van der Waals surface area (Å²) in [7, 11) is 1.07. The lowest BCUT2D eigenvalue weighted by Gasteiger charge is -2.21. The number of nitrogens with one attached hydrogen (secondary N) is 1. The first-order valence-electron chi connectivity index (χ1n) is 7.22. The number of ether oxygens (including phenoxy) is 1. The van der Waals surface area contributed by atoms with Gasteiger partial charge >= 0.3 is 12.1 Å². The molecule has 24 heavy (non-hydrogen) atoms. The average Bonchev–Trinajstić information content (AvgIpc) is 2.81. The van der Waals surface area contributed by atoms with Gasteiger partial charge in [-0.05, 0) is 31.0 Å². The van der Waals surface area contributed by atoms with Gasteiger partial charge in [-0.1, -0.05) is 13.8 Å². The predicted octanol–water partition coefficient (Wildman–Crippen LogP) is 2.78. The maximum Gasteiger partial charge on any atom is 0.416 e. The molecule has 1 unspecified atom stereocenters. The molecular formula is C16H17F3N2O3. The van der Waals surface area contributed by atoms with E-state index in [1.165, 1.54) is 0 Å². The number of hydrogen-bond donors (Lipinski definition) is 1. The second-order valence-corrected chi connectivity index (χ2v) is 5.97. The number of carbonyl (C=O) groups excluding carboxylic acids is 2. The Labute approximate surface area is 136 Å². The molecule has 2 rings (SSSR count). The van der Waals surface area contributed by atoms with E-state index >= 15 is 0 Å². The SMILES string of the molecule is COC(=O)c1cc(C(F)(F)F)ccc1C1=NC(C)(C(C)C)C(=O)N1. The summed E-state index contributed by atoms with van der Waals surface area (Å²) >= 11 is 0. The van der Waals surface area contributed by atoms with Crippen molar-refractivity contribution in [2.45, 2.75) is 32.5 Å². The van der Waals surface area contributed by atoms with Gasteiger partial charge in [-0.25, -0.2) is 4.79 Å². The van der Waals surface area contributed by atoms with Crippen LogP contribution in [0.4, 0.5) is 13.2 Å². The normalized spacial score (nSPS) is 20.8. The fraction of sp³-hybridized carbons (Fsp3) is 0.438. The predicted molar refractivity (Wildman–Crippen MR) is 80.7 cm³/mol. The Balaban J connectivity index is 2.59. The Morgan fingerprint density at radius 3 is 2.42 bits per heavy atom. The van der Waals surface area contributed by atoms with Crippen LogP contribution < -0.4 is 5.32 Å². The van der Waals surface area contributed by atoms with Gasteiger partial charge in [-0.2, -0.15) is 13.2 Å². The summed E-state index contributed by atoms with van der Waals surface area (Å²) in [4.78, 5) is 28.4. The topological polar surface area (TPSA) is 67.8 Å². The monoisotopic (exact) mass is 342 g/mol. The van der Waals surface area contributed by atoms with Crippen LogP contribution in [-0.2, 0) is 15.7 Å². The van der Waals surface area contributed by atoms with Crippen molar-refractivity contribution in [1.29, 1.82) is 0 Å². The second kappa shape index (κ2) is 5.92. The highest BCUT2D eigenvalue weighted by atomic mass is 19.4. The summed E-state index contributed by atoms with van der Waals surface area (Å²) in [6.07, 6.45) is -4.60. The summed E-state index contributed by atoms with van der Waals surface area (Å²) < 4.78 is 43.2. The summed E-state index contributed by atoms with van der Waals surface area (Å²) in [6.45, 7) is 5.24. The highest BCUT2D eigenvalue weighted by molar-refractivity contribution is 6.18. The molecule has 1 aromatic rings. The number of alkyl halides is 3. The van der Waals surface area contributed by atoms with Gasteiger partial charge in [0.25, 0.3) is 5.91 Å². The van der Waals surface area contributed by atoms with Crippen molar-refractivity contribution in [2.75, 3.05) is 7.11 Å². The van der Waals surface area contributed by atoms with E-state index in [-0.39, 0.29) is 28.8 Å². The number of carbonyl (C=O) groups is 2. The number of hydrogen-bond acceptors (Lipinski definition) is 4. The first-order chi connectivity index (χ1) is 11.0. The van der Waals surface area contributed by atoms with Gasteiger partial charge in [-0.15, -0.1) is 0 Å². The number of nitrogens with zero attached hydrogens (tertiary/aromatic N) is 1. The van der Waals surface area contributed by atoms with Crippen molar-refractivity contribution >= 4 is 17.7 Å². The van der Waals surface area contributed by atoms with Crippen LogP contribution in [0, 0.1) is 5.92 Å². The lowest BCUT2D eigenvalue weighted by molar-refractivity contribution is -0.137. The maximum absolute atomic E-state index is 12.9. The smallest absolute Gasteiger partial charge is 0.416 e. The van der Waals surface area contributed by atoms with Crippen molar-refractivity contribution in [3.63, 3.8) is 0 Å². The molecule has 130 valence electrons. The van der Waals surface area contributed by atoms with Crippen LogP contribution >= 0.6 is 0 Å². The molecule has 5 nitrogen and oxygen atoms in total. The van der Waals surface area contributed by atoms with Crippen molar-refractivity contribution in [3.8, 4) is 0 Å². The van der Waals surface area contributed by atoms with Gasteiger partial charge in [0, 0.05) is 5.56 Å². The number of rotatable bonds is 3. The Kier molecular flexibility index (Phi) is 4.43. The van der Waals surface area contributed by atoms with Crippen LogP contribution in [0.3, 0.4) is 0 Å². The Bertz CT molecular complexity index is 726. The van der Waals surface area contributed by atoms with Crippen molar-refractivity contribution in [1.82, 2.24) is 5.32 Å². The van der Waals surface area contributed by atoms with Crippen LogP contribution in [0.15, 0.2) is 23.2 Å². The molecule has 1 N–H and O–H groups in total. The minimum Gasteiger partial charge on any atom is -0.465 e. The molecule has 8 heteroatoms. The van der Waals surface area contributed by atoms with Gasteiger partial charge in [0.05, 0.1) is 18.2 Å². The number of amidine groups is 1. The van der Waals surface area contributed by atoms with Crippen LogP contribution in [0.25, 0.3) is 0 Å². The molecule has 1 atom stereocenters. The molecule has 1 aliphatic heterocycles. The summed E-state index contributed by atoms with van der Waals surface area (Å²) in [5, 5.41) is 2.54. The fourth-order valence-electron chi connectivity index (χ4n) is 2.27. The molecule has 0 spiro atoms. The standard InChI is InChI=1S/C16H17F3N2O3/c1-8(2)15(3)14(23)20-12(21-15)10-6-5-9(16(17,18)19)7-11(10)13(22)24-4/h5-8H,1-4H3,(H,20,21,23). The third kappa shape index (κ3) is 3.00. The van der Waals surface area contributed by atoms with E-state index in [2.05, 4.69) is 15.0 Å². The van der Waals surface area contributed by atoms with E-state index < -0.39 is 23.2 Å². The van der Waals surface area contributed by atoms with E-state index in [9.17, 15) is 22.8 Å². The summed E-state index contributed by atoms with van der Waals surface area (Å²) in [5.41, 5.74) is -2.25. The number of halogens is 3. The van der Waals surface area contributed by atoms with E-state index in [0.717, 1.165) is 19.2 Å². The van der Waals surface area contributed by atoms with E-state index in [1.807, 2.05) is 0 Å². The molecule has 0 bridgehead atoms. The number of esters is 1. The van der Waals surface area contributed by atoms with Crippen molar-refractivity contribution in [2.24, 2.45) is 10.9 Å². The number of methoxy groups -OCH3 is 1. The number of amides is 1. The third-order valence-corrected chi connectivity index (χ3v) is 4.17. The van der Waals surface area contributed by atoms with Gasteiger partial charge in [0.2, 0.25) is 0 Å². The molecule has 0 aromatic heterocycles. The van der Waals surface area contributed by atoms with Gasteiger partial charge in [0.15, 0.2) is 0 Å². The highest BCUT2D eigenvalue weighted by Gasteiger charge is 2.43. The maximum atomic E-state index is 12.9. The molecule has 0 saturated carbocycles. The zero-order valence-electron chi connectivity index (χ0n) is 13.6. The number of benzene rings is 1. The first kappa shape index (κ1) is 18.0. The van der Waals surface area contributed by atoms with Crippen LogP contribution in [0.1, 0.15) is 42.3 Å². The van der Waals surface area contributed by atoms with Gasteiger partial charge < -0.3 is 10.1 Å². The molecule has 0 aliphatic carbocycles. The van der Waals surface area contributed by atoms with Crippen LogP contribution in [0.2, 0.25) is 0 Å². The van der Waals surface area contributed by atoms with Crippen LogP contribution in [0.5, 0.6) is 0 Å². The number of aliphatic imine (C=N–C) groups is 1. The third-order valence-electron chi connectivity index (χ3n) is 4.17. The lowest BCUT2D eigenvalue weighted by Crippen LogP contribution is -2.41. The molecular weight excluding hydrogens is 325 g/mol. The highest BCUT2D eigenvalue weighted by Crippen LogP contribution is 2.32. The zero-order valence-corrected chi connectivity index (χ0v) is 13.6. The van der Waals surface area contributed by atoms with Crippen molar-refractivity contribution in [3.05, 3.63) is 34.9 Å². The minimum atomic E-state index is -4.60. The molecule has 1 heterocycles. The minimum absolute atomic E-state index is 0.0605. The molecule has 1 amide bonds. The Morgan fingerprint density at radius 1 is 1.33 bits per heavy atom. The van der Waals surface area contributed by atoms with E-state index in [0.29, 0.717) is 6.07 Å². The molecule has 0 saturated heterocycles. The van der Waals surface area contributed by atoms with E-state index in [1.54, 1.807) is 20.8 Å². The molecule has 0 fully saturated rings. The first-order valence-corrected chi connectivity index (χ1v) is 7.22. The van der Waals surface area contributed by atoms with E-state index in [4.69, 9.17) is 0 Å². The fourth-order valence-corrected chi connectivity index (χ4v) is 2.27. The second-order valence-electron chi connectivity index (χ2n) is 5.97. The quantitative estimate of drug-likeness (QED) is 0.859. The summed E-state index contributed by atoms with van der Waals surface area (Å²) in [5.74, 6) is -1.38. The lowest BCUT2D eigenvalue weighted by atomic mass is 9.89.